The van der Waals surface area contributed by atoms with Crippen molar-refractivity contribution >= 4 is 40.2 Å². The summed E-state index contributed by atoms with van der Waals surface area (Å²) in [5.41, 5.74) is 1.96. The molecule has 0 bridgehead atoms. The van der Waals surface area contributed by atoms with Crippen molar-refractivity contribution in [2.24, 2.45) is 0 Å². The number of carbonyl (C=O) groups is 1. The minimum atomic E-state index is 0.154. The van der Waals surface area contributed by atoms with Gasteiger partial charge in [-0.15, -0.1) is 11.3 Å². The number of benzene rings is 1. The monoisotopic (exact) mass is 320 g/mol. The molecule has 1 aromatic carbocycles. The third-order valence-corrected chi connectivity index (χ3v) is 5.07. The van der Waals surface area contributed by atoms with Crippen molar-refractivity contribution in [2.75, 3.05) is 16.8 Å². The van der Waals surface area contributed by atoms with Crippen LogP contribution in [0.2, 0.25) is 4.34 Å². The molecule has 1 N–H and O–H groups in total. The largest absolute Gasteiger partial charge is 0.376 e. The van der Waals surface area contributed by atoms with Gasteiger partial charge in [-0.2, -0.15) is 0 Å². The molecule has 1 aliphatic rings. The highest BCUT2D eigenvalue weighted by Crippen LogP contribution is 2.34. The molecule has 0 radical (unpaired) electrons. The van der Waals surface area contributed by atoms with Crippen molar-refractivity contribution in [3.63, 3.8) is 0 Å². The minimum absolute atomic E-state index is 0.154. The van der Waals surface area contributed by atoms with Gasteiger partial charge in [0.05, 0.1) is 21.8 Å². The van der Waals surface area contributed by atoms with Crippen molar-refractivity contribution < 1.29 is 4.79 Å². The summed E-state index contributed by atoms with van der Waals surface area (Å²) in [6, 6.07) is 12.1. The van der Waals surface area contributed by atoms with E-state index in [1.807, 2.05) is 41.3 Å². The van der Waals surface area contributed by atoms with Crippen LogP contribution in [0.1, 0.15) is 30.7 Å². The Labute approximate surface area is 133 Å². The quantitative estimate of drug-likeness (QED) is 0.885. The molecule has 2 heterocycles. The van der Waals surface area contributed by atoms with E-state index in [1.165, 1.54) is 4.88 Å². The number of anilines is 2. The second-order valence-electron chi connectivity index (χ2n) is 5.17. The maximum Gasteiger partial charge on any atom is 0.227 e. The summed E-state index contributed by atoms with van der Waals surface area (Å²) < 4.78 is 0.793. The molecule has 1 fully saturated rings. The molecule has 3 rings (SSSR count). The Hall–Kier alpha value is -1.52. The highest BCUT2D eigenvalue weighted by molar-refractivity contribution is 7.16. The van der Waals surface area contributed by atoms with Crippen molar-refractivity contribution in [3.05, 3.63) is 45.6 Å². The third kappa shape index (κ3) is 3.06. The van der Waals surface area contributed by atoms with Gasteiger partial charge in [-0.1, -0.05) is 23.7 Å². The first-order valence-electron chi connectivity index (χ1n) is 7.06. The maximum atomic E-state index is 12.0. The summed E-state index contributed by atoms with van der Waals surface area (Å²) in [6.45, 7) is 2.90. The summed E-state index contributed by atoms with van der Waals surface area (Å²) in [4.78, 5) is 15.0. The van der Waals surface area contributed by atoms with Gasteiger partial charge in [-0.25, -0.2) is 0 Å². The Morgan fingerprint density at radius 3 is 2.76 bits per heavy atom. The molecule has 1 unspecified atom stereocenters. The molecule has 1 aromatic heterocycles. The zero-order valence-corrected chi connectivity index (χ0v) is 13.4. The van der Waals surface area contributed by atoms with E-state index in [-0.39, 0.29) is 11.9 Å². The minimum Gasteiger partial charge on any atom is -0.376 e. The lowest BCUT2D eigenvalue weighted by Gasteiger charge is -2.22. The summed E-state index contributed by atoms with van der Waals surface area (Å²) >= 11 is 7.58. The average Bonchev–Trinajstić information content (AvgIpc) is 3.08. The van der Waals surface area contributed by atoms with Crippen LogP contribution in [0.3, 0.4) is 0 Å². The smallest absolute Gasteiger partial charge is 0.227 e. The molecule has 0 aliphatic carbocycles. The Bertz CT molecular complexity index is 655. The van der Waals surface area contributed by atoms with E-state index in [0.717, 1.165) is 28.7 Å². The SMILES string of the molecule is CC(Nc1ccccc1N1CCCC1=O)c1ccc(Cl)s1. The topological polar surface area (TPSA) is 32.3 Å². The molecule has 5 heteroatoms. The van der Waals surface area contributed by atoms with Crippen LogP contribution < -0.4 is 10.2 Å². The van der Waals surface area contributed by atoms with Gasteiger partial charge in [-0.05, 0) is 37.6 Å². The van der Waals surface area contributed by atoms with Crippen LogP contribution in [0.4, 0.5) is 11.4 Å². The molecule has 0 spiro atoms. The van der Waals surface area contributed by atoms with Crippen LogP contribution in [-0.4, -0.2) is 12.5 Å². The van der Waals surface area contributed by atoms with E-state index in [1.54, 1.807) is 11.3 Å². The van der Waals surface area contributed by atoms with Crippen molar-refractivity contribution in [1.29, 1.82) is 0 Å². The van der Waals surface area contributed by atoms with Gasteiger partial charge in [0.1, 0.15) is 0 Å². The fraction of sp³-hybridized carbons (Fsp3) is 0.312. The molecule has 1 saturated heterocycles. The first kappa shape index (κ1) is 14.4. The third-order valence-electron chi connectivity index (χ3n) is 3.66. The van der Waals surface area contributed by atoms with E-state index in [4.69, 9.17) is 11.6 Å². The normalized spacial score (nSPS) is 16.3. The summed E-state index contributed by atoms with van der Waals surface area (Å²) in [5.74, 6) is 0.205. The second kappa shape index (κ2) is 6.08. The van der Waals surface area contributed by atoms with Crippen LogP contribution >= 0.6 is 22.9 Å². The molecule has 110 valence electrons. The fourth-order valence-electron chi connectivity index (χ4n) is 2.60. The number of rotatable bonds is 4. The highest BCUT2D eigenvalue weighted by Gasteiger charge is 2.24. The summed E-state index contributed by atoms with van der Waals surface area (Å²) in [7, 11) is 0. The molecule has 2 aromatic rings. The van der Waals surface area contributed by atoms with E-state index >= 15 is 0 Å². The summed E-state index contributed by atoms with van der Waals surface area (Å²) in [5, 5.41) is 3.50. The van der Waals surface area contributed by atoms with E-state index in [0.29, 0.717) is 6.42 Å². The molecular formula is C16H17ClN2OS. The number of nitrogens with one attached hydrogen (secondary N) is 1. The van der Waals surface area contributed by atoms with Gasteiger partial charge >= 0.3 is 0 Å². The number of thiophene rings is 1. The van der Waals surface area contributed by atoms with Gasteiger partial charge in [0, 0.05) is 17.8 Å². The fourth-order valence-corrected chi connectivity index (χ4v) is 3.66. The van der Waals surface area contributed by atoms with Crippen LogP contribution in [0.25, 0.3) is 0 Å². The van der Waals surface area contributed by atoms with Crippen LogP contribution in [-0.2, 0) is 4.79 Å². The predicted molar refractivity (Wildman–Crippen MR) is 89.4 cm³/mol. The molecule has 3 nitrogen and oxygen atoms in total. The number of hydrogen-bond donors (Lipinski definition) is 1. The van der Waals surface area contributed by atoms with Gasteiger partial charge in [0.25, 0.3) is 0 Å². The Morgan fingerprint density at radius 1 is 1.29 bits per heavy atom. The number of hydrogen-bond acceptors (Lipinski definition) is 3. The standard InChI is InChI=1S/C16H17ClN2OS/c1-11(14-8-9-15(17)21-14)18-12-5-2-3-6-13(12)19-10-4-7-16(19)20/h2-3,5-6,8-9,11,18H,4,7,10H2,1H3. The molecule has 1 atom stereocenters. The van der Waals surface area contributed by atoms with Gasteiger partial charge in [0.15, 0.2) is 0 Å². The van der Waals surface area contributed by atoms with Gasteiger partial charge in [-0.3, -0.25) is 4.79 Å². The van der Waals surface area contributed by atoms with Crippen LogP contribution in [0, 0.1) is 0 Å². The number of carbonyl (C=O) groups excluding carboxylic acids is 1. The molecular weight excluding hydrogens is 304 g/mol. The highest BCUT2D eigenvalue weighted by atomic mass is 35.5. The lowest BCUT2D eigenvalue weighted by Crippen LogP contribution is -2.25. The van der Waals surface area contributed by atoms with Crippen molar-refractivity contribution in [2.45, 2.75) is 25.8 Å². The van der Waals surface area contributed by atoms with Gasteiger partial charge in [0.2, 0.25) is 5.91 Å². The van der Waals surface area contributed by atoms with Crippen molar-refractivity contribution in [1.82, 2.24) is 0 Å². The first-order chi connectivity index (χ1) is 10.1. The zero-order chi connectivity index (χ0) is 14.8. The zero-order valence-electron chi connectivity index (χ0n) is 11.8. The number of para-hydroxylation sites is 2. The van der Waals surface area contributed by atoms with Crippen LogP contribution in [0.15, 0.2) is 36.4 Å². The van der Waals surface area contributed by atoms with Crippen molar-refractivity contribution in [3.8, 4) is 0 Å². The van der Waals surface area contributed by atoms with Gasteiger partial charge < -0.3 is 10.2 Å². The Balaban J connectivity index is 1.84. The van der Waals surface area contributed by atoms with E-state index in [2.05, 4.69) is 12.2 Å². The summed E-state index contributed by atoms with van der Waals surface area (Å²) in [6.07, 6.45) is 1.58. The molecule has 1 amide bonds. The van der Waals surface area contributed by atoms with Crippen LogP contribution in [0.5, 0.6) is 0 Å². The Kier molecular flexibility index (Phi) is 4.17. The molecule has 1 aliphatic heterocycles. The first-order valence-corrected chi connectivity index (χ1v) is 8.26. The predicted octanol–water partition coefficient (Wildman–Crippen LogP) is 4.70. The maximum absolute atomic E-state index is 12.0. The Morgan fingerprint density at radius 2 is 2.10 bits per heavy atom. The van der Waals surface area contributed by atoms with E-state index in [9.17, 15) is 4.79 Å². The van der Waals surface area contributed by atoms with E-state index < -0.39 is 0 Å². The second-order valence-corrected chi connectivity index (χ2v) is 6.92. The average molecular weight is 321 g/mol. The lowest BCUT2D eigenvalue weighted by molar-refractivity contribution is -0.117. The molecule has 21 heavy (non-hydrogen) atoms. The number of amides is 1. The number of halogens is 1. The lowest BCUT2D eigenvalue weighted by atomic mass is 10.2. The number of nitrogens with zero attached hydrogens (tertiary/aromatic N) is 1. The molecule has 0 saturated carbocycles.